The first kappa shape index (κ1) is 6.14. The van der Waals surface area contributed by atoms with Crippen molar-refractivity contribution in [3.05, 3.63) is 25.1 Å². The van der Waals surface area contributed by atoms with Gasteiger partial charge in [0.15, 0.2) is 11.9 Å². The van der Waals surface area contributed by atoms with Gasteiger partial charge in [0.2, 0.25) is 0 Å². The average molecular weight is 105 g/mol. The van der Waals surface area contributed by atoms with Crippen LogP contribution in [0.1, 0.15) is 0 Å². The van der Waals surface area contributed by atoms with Crippen LogP contribution in [0.25, 0.3) is 0 Å². The molecule has 0 saturated carbocycles. The summed E-state index contributed by atoms with van der Waals surface area (Å²) in [5, 5.41) is 1.58. The van der Waals surface area contributed by atoms with Gasteiger partial charge in [-0.1, -0.05) is 0 Å². The fourth-order valence-electron chi connectivity index (χ4n) is 0.147. The quantitative estimate of drug-likeness (QED) is 0.524. The van der Waals surface area contributed by atoms with E-state index in [1.54, 1.807) is 5.32 Å². The van der Waals surface area contributed by atoms with Gasteiger partial charge in [0.1, 0.15) is 0 Å². The summed E-state index contributed by atoms with van der Waals surface area (Å²) < 4.78 is 22.7. The number of rotatable bonds is 2. The lowest BCUT2D eigenvalue weighted by molar-refractivity contribution is 0.503. The second kappa shape index (κ2) is 2.34. The lowest BCUT2D eigenvalue weighted by Gasteiger charge is -1.91. The molecule has 0 bridgehead atoms. The van der Waals surface area contributed by atoms with Crippen molar-refractivity contribution in [3.63, 3.8) is 0 Å². The second-order valence-electron chi connectivity index (χ2n) is 0.935. The summed E-state index contributed by atoms with van der Waals surface area (Å²) in [7, 11) is 0. The van der Waals surface area contributed by atoms with Crippen LogP contribution in [0.15, 0.2) is 25.1 Å². The van der Waals surface area contributed by atoms with Crippen molar-refractivity contribution >= 4 is 0 Å². The summed E-state index contributed by atoms with van der Waals surface area (Å²) in [5.41, 5.74) is 0. The molecular weight excluding hydrogens is 100 g/mol. The lowest BCUT2D eigenvalue weighted by Crippen LogP contribution is -2.02. The topological polar surface area (TPSA) is 12.0 Å². The lowest BCUT2D eigenvalue weighted by atomic mass is 10.8. The Morgan fingerprint density at radius 1 is 1.14 bits per heavy atom. The Balaban J connectivity index is 3.32. The molecule has 0 aromatic carbocycles. The third kappa shape index (κ3) is 5.14. The summed E-state index contributed by atoms with van der Waals surface area (Å²) in [6.45, 7) is 5.43. The van der Waals surface area contributed by atoms with Crippen LogP contribution >= 0.6 is 0 Å². The second-order valence-corrected chi connectivity index (χ2v) is 0.935. The zero-order chi connectivity index (χ0) is 5.86. The van der Waals surface area contributed by atoms with Crippen LogP contribution in [0.5, 0.6) is 0 Å². The van der Waals surface area contributed by atoms with Crippen molar-refractivity contribution in [1.82, 2.24) is 5.32 Å². The molecule has 0 aromatic rings. The van der Waals surface area contributed by atoms with Crippen molar-refractivity contribution in [3.8, 4) is 0 Å². The monoisotopic (exact) mass is 105 g/mol. The molecule has 0 atom stereocenters. The summed E-state index contributed by atoms with van der Waals surface area (Å²) >= 11 is 0. The molecule has 1 N–H and O–H groups in total. The number of hydrogen-bond donors (Lipinski definition) is 1. The fourth-order valence-corrected chi connectivity index (χ4v) is 0.147. The van der Waals surface area contributed by atoms with Crippen LogP contribution in [-0.2, 0) is 0 Å². The van der Waals surface area contributed by atoms with Crippen molar-refractivity contribution in [2.24, 2.45) is 0 Å². The van der Waals surface area contributed by atoms with Crippen LogP contribution < -0.4 is 5.32 Å². The Kier molecular flexibility index (Phi) is 2.05. The molecule has 0 heterocycles. The van der Waals surface area contributed by atoms with Crippen LogP contribution in [0.3, 0.4) is 0 Å². The van der Waals surface area contributed by atoms with Gasteiger partial charge in [0, 0.05) is 0 Å². The molecule has 40 valence electrons. The Morgan fingerprint density at radius 3 is 1.43 bits per heavy atom. The maximum atomic E-state index is 11.3. The van der Waals surface area contributed by atoms with Gasteiger partial charge in [-0.2, -0.15) is 8.78 Å². The van der Waals surface area contributed by atoms with Crippen molar-refractivity contribution < 1.29 is 8.78 Å². The van der Waals surface area contributed by atoms with Gasteiger partial charge in [-0.25, -0.2) is 0 Å². The highest BCUT2D eigenvalue weighted by Crippen LogP contribution is 1.89. The zero-order valence-electron chi connectivity index (χ0n) is 3.67. The largest absolute Gasteiger partial charge is 0.309 e. The summed E-state index contributed by atoms with van der Waals surface area (Å²) in [6, 6.07) is 0. The minimum atomic E-state index is -0.938. The van der Waals surface area contributed by atoms with Crippen LogP contribution in [0.4, 0.5) is 8.78 Å². The third-order valence-electron chi connectivity index (χ3n) is 0.271. The molecule has 0 aliphatic carbocycles. The maximum absolute atomic E-state index is 11.3. The Hall–Kier alpha value is -0.860. The maximum Gasteiger partial charge on any atom is 0.185 e. The van der Waals surface area contributed by atoms with Crippen molar-refractivity contribution in [2.75, 3.05) is 0 Å². The van der Waals surface area contributed by atoms with E-state index in [2.05, 4.69) is 13.2 Å². The Labute approximate surface area is 40.3 Å². The Morgan fingerprint density at radius 2 is 1.43 bits per heavy atom. The molecule has 0 rings (SSSR count). The first-order chi connectivity index (χ1) is 3.13. The van der Waals surface area contributed by atoms with Gasteiger partial charge in [-0.3, -0.25) is 0 Å². The standard InChI is InChI=1S/C4H5F2N/c1-3(5)7-4(2)6/h7H,1-2H2. The minimum absolute atomic E-state index is 0.937. The smallest absolute Gasteiger partial charge is 0.185 e. The normalized spacial score (nSPS) is 7.71. The van der Waals surface area contributed by atoms with E-state index in [0.29, 0.717) is 0 Å². The predicted molar refractivity (Wildman–Crippen MR) is 23.6 cm³/mol. The average Bonchev–Trinajstić information content (AvgIpc) is 1.27. The first-order valence-electron chi connectivity index (χ1n) is 1.59. The van der Waals surface area contributed by atoms with E-state index in [1.165, 1.54) is 0 Å². The van der Waals surface area contributed by atoms with Crippen LogP contribution in [0, 0.1) is 0 Å². The van der Waals surface area contributed by atoms with Crippen LogP contribution in [0.2, 0.25) is 0 Å². The number of nitrogens with one attached hydrogen (secondary N) is 1. The van der Waals surface area contributed by atoms with Gasteiger partial charge < -0.3 is 5.32 Å². The van der Waals surface area contributed by atoms with Gasteiger partial charge >= 0.3 is 0 Å². The highest BCUT2D eigenvalue weighted by Gasteiger charge is 1.86. The van der Waals surface area contributed by atoms with E-state index >= 15 is 0 Å². The highest BCUT2D eigenvalue weighted by atomic mass is 19.1. The molecule has 0 aliphatic heterocycles. The zero-order valence-corrected chi connectivity index (χ0v) is 3.67. The molecule has 0 saturated heterocycles. The molecule has 0 radical (unpaired) electrons. The van der Waals surface area contributed by atoms with Crippen LogP contribution in [-0.4, -0.2) is 0 Å². The SMILES string of the molecule is C=C(F)NC(=C)F. The van der Waals surface area contributed by atoms with E-state index in [-0.39, 0.29) is 0 Å². The van der Waals surface area contributed by atoms with E-state index < -0.39 is 11.9 Å². The molecule has 3 heteroatoms. The fraction of sp³-hybridized carbons (Fsp3) is 0. The van der Waals surface area contributed by atoms with Gasteiger partial charge in [0.05, 0.1) is 0 Å². The summed E-state index contributed by atoms with van der Waals surface area (Å²) in [5.74, 6) is -1.88. The summed E-state index contributed by atoms with van der Waals surface area (Å²) in [4.78, 5) is 0. The molecule has 1 nitrogen and oxygen atoms in total. The predicted octanol–water partition coefficient (Wildman–Crippen LogP) is 1.46. The van der Waals surface area contributed by atoms with Gasteiger partial charge in [-0.05, 0) is 13.2 Å². The highest BCUT2D eigenvalue weighted by molar-refractivity contribution is 4.88. The Bertz CT molecular complexity index is 85.9. The molecule has 0 unspecified atom stereocenters. The summed E-state index contributed by atoms with van der Waals surface area (Å²) in [6.07, 6.45) is 0. The molecule has 0 spiro atoms. The first-order valence-corrected chi connectivity index (χ1v) is 1.59. The number of halogens is 2. The molecule has 0 aromatic heterocycles. The molecule has 0 amide bonds. The van der Waals surface area contributed by atoms with E-state index in [1.807, 2.05) is 0 Å². The van der Waals surface area contributed by atoms with Gasteiger partial charge in [-0.15, -0.1) is 0 Å². The third-order valence-corrected chi connectivity index (χ3v) is 0.271. The minimum Gasteiger partial charge on any atom is -0.309 e. The number of hydrogen-bond acceptors (Lipinski definition) is 1. The van der Waals surface area contributed by atoms with E-state index in [4.69, 9.17) is 0 Å². The van der Waals surface area contributed by atoms with Crippen molar-refractivity contribution in [1.29, 1.82) is 0 Å². The van der Waals surface area contributed by atoms with Gasteiger partial charge in [0.25, 0.3) is 0 Å². The molecule has 7 heavy (non-hydrogen) atoms. The molecule has 0 aliphatic rings. The van der Waals surface area contributed by atoms with E-state index in [9.17, 15) is 8.78 Å². The molecule has 0 fully saturated rings. The van der Waals surface area contributed by atoms with Crippen molar-refractivity contribution in [2.45, 2.75) is 0 Å². The van der Waals surface area contributed by atoms with E-state index in [0.717, 1.165) is 0 Å². The molecular formula is C4H5F2N.